The highest BCUT2D eigenvalue weighted by atomic mass is 79.9. The number of rotatable bonds is 12. The second-order valence-electron chi connectivity index (χ2n) is 5.90. The molecule has 2 aromatic rings. The number of hydrogen-bond acceptors (Lipinski definition) is 5. The molecule has 27 heavy (non-hydrogen) atoms. The van der Waals surface area contributed by atoms with Crippen molar-refractivity contribution in [1.29, 1.82) is 0 Å². The summed E-state index contributed by atoms with van der Waals surface area (Å²) >= 11 is 9.53. The zero-order valence-electron chi connectivity index (χ0n) is 15.4. The van der Waals surface area contributed by atoms with E-state index in [1.165, 1.54) is 0 Å². The van der Waals surface area contributed by atoms with Crippen LogP contribution >= 0.6 is 27.5 Å². The second kappa shape index (κ2) is 12.2. The van der Waals surface area contributed by atoms with E-state index in [0.717, 1.165) is 41.0 Å². The van der Waals surface area contributed by atoms with Crippen molar-refractivity contribution in [2.24, 2.45) is 0 Å². The van der Waals surface area contributed by atoms with Gasteiger partial charge in [0.15, 0.2) is 11.5 Å². The molecule has 0 aliphatic heterocycles. The van der Waals surface area contributed by atoms with E-state index in [-0.39, 0.29) is 6.61 Å². The average Bonchev–Trinajstić information content (AvgIpc) is 2.65. The maximum Gasteiger partial charge on any atom is 0.175 e. The van der Waals surface area contributed by atoms with Gasteiger partial charge in [-0.25, -0.2) is 0 Å². The summed E-state index contributed by atoms with van der Waals surface area (Å²) in [7, 11) is 0. The summed E-state index contributed by atoms with van der Waals surface area (Å²) in [5.74, 6) is 1.41. The van der Waals surface area contributed by atoms with Crippen LogP contribution in [0.4, 0.5) is 0 Å². The molecular weight excluding hydrogens is 432 g/mol. The van der Waals surface area contributed by atoms with E-state index in [1.807, 2.05) is 43.3 Å². The minimum absolute atomic E-state index is 0.155. The van der Waals surface area contributed by atoms with E-state index in [9.17, 15) is 0 Å². The van der Waals surface area contributed by atoms with Gasteiger partial charge in [-0.2, -0.15) is 0 Å². The number of benzene rings is 2. The fourth-order valence-corrected chi connectivity index (χ4v) is 3.21. The highest BCUT2D eigenvalue weighted by Gasteiger charge is 2.12. The van der Waals surface area contributed by atoms with Crippen LogP contribution in [0.15, 0.2) is 40.9 Å². The molecule has 0 unspecified atom stereocenters. The largest absolute Gasteiger partial charge is 0.490 e. The van der Waals surface area contributed by atoms with Crippen molar-refractivity contribution in [2.75, 3.05) is 32.8 Å². The highest BCUT2D eigenvalue weighted by Crippen LogP contribution is 2.37. The average molecular weight is 458 g/mol. The number of nitrogens with one attached hydrogen (secondary N) is 2. The lowest BCUT2D eigenvalue weighted by Crippen LogP contribution is -2.28. The maximum atomic E-state index is 8.75. The standard InChI is InChI=1S/C20H26BrClN2O3/c1-2-26-19-12-16(13-24-8-7-23-9-10-25)11-18(21)20(19)27-14-15-3-5-17(22)6-4-15/h3-6,11-12,23-25H,2,7-10,13-14H2,1H3. The first kappa shape index (κ1) is 22.0. The summed E-state index contributed by atoms with van der Waals surface area (Å²) in [4.78, 5) is 0. The quantitative estimate of drug-likeness (QED) is 0.424. The summed E-state index contributed by atoms with van der Waals surface area (Å²) < 4.78 is 12.6. The third kappa shape index (κ3) is 7.68. The smallest absolute Gasteiger partial charge is 0.175 e. The lowest BCUT2D eigenvalue weighted by atomic mass is 10.2. The van der Waals surface area contributed by atoms with Gasteiger partial charge in [-0.05, 0) is 58.2 Å². The van der Waals surface area contributed by atoms with Gasteiger partial charge in [-0.1, -0.05) is 23.7 Å². The molecule has 0 aromatic heterocycles. The summed E-state index contributed by atoms with van der Waals surface area (Å²) in [6.07, 6.45) is 0. The molecule has 0 heterocycles. The molecule has 5 nitrogen and oxygen atoms in total. The summed E-state index contributed by atoms with van der Waals surface area (Å²) in [6, 6.07) is 11.6. The number of halogens is 2. The van der Waals surface area contributed by atoms with E-state index < -0.39 is 0 Å². The number of hydrogen-bond donors (Lipinski definition) is 3. The van der Waals surface area contributed by atoms with Crippen LogP contribution in [0.3, 0.4) is 0 Å². The Morgan fingerprint density at radius 3 is 2.44 bits per heavy atom. The molecule has 0 amide bonds. The molecule has 0 saturated heterocycles. The SMILES string of the molecule is CCOc1cc(CNCCNCCO)cc(Br)c1OCc1ccc(Cl)cc1. The Kier molecular flexibility index (Phi) is 9.94. The molecule has 0 saturated carbocycles. The van der Waals surface area contributed by atoms with Crippen LogP contribution in [0.5, 0.6) is 11.5 Å². The Morgan fingerprint density at radius 1 is 1.00 bits per heavy atom. The summed E-state index contributed by atoms with van der Waals surface area (Å²) in [5, 5.41) is 16.0. The van der Waals surface area contributed by atoms with Gasteiger partial charge in [0, 0.05) is 31.2 Å². The second-order valence-corrected chi connectivity index (χ2v) is 7.19. The molecule has 2 aromatic carbocycles. The number of aliphatic hydroxyl groups is 1. The minimum Gasteiger partial charge on any atom is -0.490 e. The first-order valence-electron chi connectivity index (χ1n) is 8.98. The Bertz CT molecular complexity index is 698. The normalized spacial score (nSPS) is 10.8. The molecule has 0 fully saturated rings. The van der Waals surface area contributed by atoms with Crippen LogP contribution in [0.25, 0.3) is 0 Å². The number of ether oxygens (including phenoxy) is 2. The fourth-order valence-electron chi connectivity index (χ4n) is 2.48. The summed E-state index contributed by atoms with van der Waals surface area (Å²) in [5.41, 5.74) is 2.14. The Morgan fingerprint density at radius 2 is 1.74 bits per heavy atom. The van der Waals surface area contributed by atoms with E-state index in [2.05, 4.69) is 26.6 Å². The van der Waals surface area contributed by atoms with Crippen LogP contribution < -0.4 is 20.1 Å². The van der Waals surface area contributed by atoms with Gasteiger partial charge in [-0.15, -0.1) is 0 Å². The van der Waals surface area contributed by atoms with E-state index >= 15 is 0 Å². The minimum atomic E-state index is 0.155. The van der Waals surface area contributed by atoms with Gasteiger partial charge in [0.1, 0.15) is 6.61 Å². The molecule has 148 valence electrons. The fraction of sp³-hybridized carbons (Fsp3) is 0.400. The Balaban J connectivity index is 1.98. The van der Waals surface area contributed by atoms with Crippen molar-refractivity contribution in [3.05, 3.63) is 57.0 Å². The van der Waals surface area contributed by atoms with Crippen LogP contribution in [0.1, 0.15) is 18.1 Å². The Labute approximate surface area is 174 Å². The van der Waals surface area contributed by atoms with Crippen molar-refractivity contribution in [3.8, 4) is 11.5 Å². The molecule has 2 rings (SSSR count). The van der Waals surface area contributed by atoms with Crippen LogP contribution in [-0.2, 0) is 13.2 Å². The van der Waals surface area contributed by atoms with Gasteiger partial charge < -0.3 is 25.2 Å². The predicted molar refractivity (Wildman–Crippen MR) is 113 cm³/mol. The van der Waals surface area contributed by atoms with Gasteiger partial charge >= 0.3 is 0 Å². The zero-order chi connectivity index (χ0) is 19.5. The summed E-state index contributed by atoms with van der Waals surface area (Å²) in [6.45, 7) is 6.06. The topological polar surface area (TPSA) is 62.8 Å². The van der Waals surface area contributed by atoms with Crippen molar-refractivity contribution in [1.82, 2.24) is 10.6 Å². The van der Waals surface area contributed by atoms with Crippen LogP contribution in [-0.4, -0.2) is 38.0 Å². The highest BCUT2D eigenvalue weighted by molar-refractivity contribution is 9.10. The van der Waals surface area contributed by atoms with Crippen molar-refractivity contribution >= 4 is 27.5 Å². The first-order valence-corrected chi connectivity index (χ1v) is 10.2. The molecule has 0 radical (unpaired) electrons. The van der Waals surface area contributed by atoms with Crippen LogP contribution in [0.2, 0.25) is 5.02 Å². The molecule has 0 aliphatic rings. The number of aliphatic hydroxyl groups excluding tert-OH is 1. The van der Waals surface area contributed by atoms with Gasteiger partial charge in [0.2, 0.25) is 0 Å². The van der Waals surface area contributed by atoms with Gasteiger partial charge in [-0.3, -0.25) is 0 Å². The predicted octanol–water partition coefficient (Wildman–Crippen LogP) is 3.75. The molecule has 0 spiro atoms. The zero-order valence-corrected chi connectivity index (χ0v) is 17.8. The third-order valence-corrected chi connectivity index (χ3v) is 4.60. The van der Waals surface area contributed by atoms with Gasteiger partial charge in [0.25, 0.3) is 0 Å². The van der Waals surface area contributed by atoms with Crippen molar-refractivity contribution < 1.29 is 14.6 Å². The molecule has 7 heteroatoms. The molecule has 3 N–H and O–H groups in total. The van der Waals surface area contributed by atoms with E-state index in [0.29, 0.717) is 30.5 Å². The lowest BCUT2D eigenvalue weighted by molar-refractivity contribution is 0.267. The molecule has 0 bridgehead atoms. The van der Waals surface area contributed by atoms with Crippen molar-refractivity contribution in [3.63, 3.8) is 0 Å². The molecule has 0 atom stereocenters. The van der Waals surface area contributed by atoms with E-state index in [4.69, 9.17) is 26.2 Å². The lowest BCUT2D eigenvalue weighted by Gasteiger charge is -2.16. The van der Waals surface area contributed by atoms with Crippen molar-refractivity contribution in [2.45, 2.75) is 20.1 Å². The first-order chi connectivity index (χ1) is 13.1. The molecule has 0 aliphatic carbocycles. The maximum absolute atomic E-state index is 8.75. The van der Waals surface area contributed by atoms with E-state index in [1.54, 1.807) is 0 Å². The van der Waals surface area contributed by atoms with Gasteiger partial charge in [0.05, 0.1) is 17.7 Å². The Hall–Kier alpha value is -1.31. The third-order valence-electron chi connectivity index (χ3n) is 3.76. The van der Waals surface area contributed by atoms with Crippen LogP contribution in [0, 0.1) is 0 Å². The monoisotopic (exact) mass is 456 g/mol. The molecular formula is C20H26BrClN2O3.